The molecule has 0 radical (unpaired) electrons. The van der Waals surface area contributed by atoms with E-state index < -0.39 is 0 Å². The summed E-state index contributed by atoms with van der Waals surface area (Å²) in [4.78, 5) is 10.6. The van der Waals surface area contributed by atoms with Gasteiger partial charge in [-0.3, -0.25) is 4.57 Å². The van der Waals surface area contributed by atoms with Crippen LogP contribution < -0.4 is 0 Å². The van der Waals surface area contributed by atoms with E-state index in [1.165, 1.54) is 60.2 Å². The predicted octanol–water partition coefficient (Wildman–Crippen LogP) is 14.0. The first-order valence-corrected chi connectivity index (χ1v) is 19.8. The van der Waals surface area contributed by atoms with Crippen molar-refractivity contribution < 1.29 is 0 Å². The van der Waals surface area contributed by atoms with Gasteiger partial charge in [0.05, 0.1) is 33.3 Å². The van der Waals surface area contributed by atoms with Crippen molar-refractivity contribution >= 4 is 65.3 Å². The zero-order valence-corrected chi connectivity index (χ0v) is 31.4. The smallest absolute Gasteiger partial charge is 0.235 e. The Morgan fingerprint density at radius 1 is 0.310 bits per heavy atom. The molecule has 0 amide bonds. The highest BCUT2D eigenvalue weighted by Gasteiger charge is 2.21. The second kappa shape index (κ2) is 12.9. The van der Waals surface area contributed by atoms with Crippen molar-refractivity contribution in [3.63, 3.8) is 0 Å². The molecular formula is C54H34N4. The Morgan fingerprint density at radius 2 is 0.862 bits per heavy atom. The summed E-state index contributed by atoms with van der Waals surface area (Å²) in [6.07, 6.45) is 0. The van der Waals surface area contributed by atoms with E-state index in [1.54, 1.807) is 0 Å². The van der Waals surface area contributed by atoms with Gasteiger partial charge in [0.1, 0.15) is 0 Å². The van der Waals surface area contributed by atoms with Crippen LogP contribution in [0.1, 0.15) is 0 Å². The van der Waals surface area contributed by atoms with Crippen LogP contribution in [0.5, 0.6) is 0 Å². The lowest BCUT2D eigenvalue weighted by Gasteiger charge is -2.14. The first kappa shape index (κ1) is 32.4. The molecule has 3 heterocycles. The Kier molecular flexibility index (Phi) is 7.20. The van der Waals surface area contributed by atoms with Crippen LogP contribution in [0, 0.1) is 0 Å². The molecule has 0 aliphatic carbocycles. The molecule has 12 rings (SSSR count). The average molecular weight is 739 g/mol. The molecule has 0 aliphatic rings. The standard InChI is InChI=1S/C54H34N4/c1-3-15-37(16-4-1)52-45-23-9-12-24-48(45)55-54(56-52)58-50-26-14-11-21-42(50)47-34-46(40-19-7-8-22-44(40)53(47)58)36-29-27-35(28-30-36)38-31-32-43-41-20-10-13-25-49(41)57(51(43)33-38)39-17-5-2-6-18-39/h1-34H. The molecule has 270 valence electrons. The fraction of sp³-hybridized carbons (Fsp3) is 0. The third kappa shape index (κ3) is 4.95. The van der Waals surface area contributed by atoms with Gasteiger partial charge in [-0.25, -0.2) is 9.97 Å². The summed E-state index contributed by atoms with van der Waals surface area (Å²) < 4.78 is 4.65. The van der Waals surface area contributed by atoms with Crippen LogP contribution in [0.3, 0.4) is 0 Å². The summed E-state index contributed by atoms with van der Waals surface area (Å²) in [7, 11) is 0. The van der Waals surface area contributed by atoms with Crippen molar-refractivity contribution in [2.24, 2.45) is 0 Å². The Morgan fingerprint density at radius 3 is 1.62 bits per heavy atom. The van der Waals surface area contributed by atoms with Crippen LogP contribution in [0.25, 0.3) is 110 Å². The highest BCUT2D eigenvalue weighted by Crippen LogP contribution is 2.42. The topological polar surface area (TPSA) is 35.6 Å². The molecule has 58 heavy (non-hydrogen) atoms. The summed E-state index contributed by atoms with van der Waals surface area (Å²) in [5.41, 5.74) is 13.4. The fourth-order valence-electron chi connectivity index (χ4n) is 9.10. The molecule has 0 bridgehead atoms. The Balaban J connectivity index is 1.03. The maximum absolute atomic E-state index is 5.34. The molecule has 0 aliphatic heterocycles. The quantitative estimate of drug-likeness (QED) is 0.176. The van der Waals surface area contributed by atoms with E-state index in [1.807, 2.05) is 6.07 Å². The summed E-state index contributed by atoms with van der Waals surface area (Å²) in [5, 5.41) is 8.23. The summed E-state index contributed by atoms with van der Waals surface area (Å²) in [6, 6.07) is 73.8. The molecule has 0 spiro atoms. The van der Waals surface area contributed by atoms with E-state index in [2.05, 4.69) is 209 Å². The molecule has 9 aromatic carbocycles. The van der Waals surface area contributed by atoms with Gasteiger partial charge in [0.15, 0.2) is 0 Å². The van der Waals surface area contributed by atoms with Crippen molar-refractivity contribution in [1.29, 1.82) is 0 Å². The van der Waals surface area contributed by atoms with Gasteiger partial charge in [0.25, 0.3) is 0 Å². The second-order valence-corrected chi connectivity index (χ2v) is 15.0. The van der Waals surface area contributed by atoms with E-state index in [0.717, 1.165) is 44.3 Å². The summed E-state index contributed by atoms with van der Waals surface area (Å²) in [5.74, 6) is 0.661. The van der Waals surface area contributed by atoms with Crippen LogP contribution in [0.15, 0.2) is 206 Å². The zero-order valence-electron chi connectivity index (χ0n) is 31.4. The summed E-state index contributed by atoms with van der Waals surface area (Å²) >= 11 is 0. The number of hydrogen-bond acceptors (Lipinski definition) is 2. The average Bonchev–Trinajstić information content (AvgIpc) is 3.82. The molecule has 4 heteroatoms. The molecule has 3 aromatic heterocycles. The lowest BCUT2D eigenvalue weighted by molar-refractivity contribution is 1.02. The van der Waals surface area contributed by atoms with Gasteiger partial charge in [-0.15, -0.1) is 0 Å². The van der Waals surface area contributed by atoms with E-state index in [0.29, 0.717) is 5.95 Å². The van der Waals surface area contributed by atoms with Crippen molar-refractivity contribution in [3.8, 4) is 45.1 Å². The first-order valence-electron chi connectivity index (χ1n) is 19.8. The SMILES string of the molecule is c1ccc(-c2nc(-n3c4ccccc4c4cc(-c5ccc(-c6ccc7c8ccccc8n(-c8ccccc8)c7c6)cc5)c5ccccc5c43)nc3ccccc23)cc1. The van der Waals surface area contributed by atoms with Crippen molar-refractivity contribution in [2.45, 2.75) is 0 Å². The molecule has 0 atom stereocenters. The summed E-state index contributed by atoms with van der Waals surface area (Å²) in [6.45, 7) is 0. The van der Waals surface area contributed by atoms with Crippen molar-refractivity contribution in [1.82, 2.24) is 19.1 Å². The number of para-hydroxylation sites is 4. The Hall–Kier alpha value is -7.82. The lowest BCUT2D eigenvalue weighted by atomic mass is 9.93. The van der Waals surface area contributed by atoms with Crippen LogP contribution >= 0.6 is 0 Å². The van der Waals surface area contributed by atoms with E-state index in [-0.39, 0.29) is 0 Å². The van der Waals surface area contributed by atoms with E-state index >= 15 is 0 Å². The van der Waals surface area contributed by atoms with Gasteiger partial charge >= 0.3 is 0 Å². The Labute approximate surface area is 334 Å². The van der Waals surface area contributed by atoms with Gasteiger partial charge in [-0.05, 0) is 70.1 Å². The molecule has 0 saturated heterocycles. The van der Waals surface area contributed by atoms with E-state index in [9.17, 15) is 0 Å². The Bertz CT molecular complexity index is 3540. The minimum absolute atomic E-state index is 0.661. The van der Waals surface area contributed by atoms with Gasteiger partial charge in [0, 0.05) is 43.6 Å². The molecule has 0 unspecified atom stereocenters. The maximum Gasteiger partial charge on any atom is 0.235 e. The second-order valence-electron chi connectivity index (χ2n) is 15.0. The minimum atomic E-state index is 0.661. The van der Waals surface area contributed by atoms with Gasteiger partial charge in [0.2, 0.25) is 5.95 Å². The number of aromatic nitrogens is 4. The third-order valence-corrected chi connectivity index (χ3v) is 11.7. The molecule has 0 N–H and O–H groups in total. The third-order valence-electron chi connectivity index (χ3n) is 11.7. The van der Waals surface area contributed by atoms with Crippen LogP contribution in [-0.4, -0.2) is 19.1 Å². The largest absolute Gasteiger partial charge is 0.309 e. The van der Waals surface area contributed by atoms with E-state index in [4.69, 9.17) is 9.97 Å². The zero-order chi connectivity index (χ0) is 38.2. The van der Waals surface area contributed by atoms with Gasteiger partial charge in [-0.2, -0.15) is 0 Å². The molecule has 4 nitrogen and oxygen atoms in total. The lowest BCUT2D eigenvalue weighted by Crippen LogP contribution is -2.03. The molecule has 12 aromatic rings. The molecule has 0 fully saturated rings. The van der Waals surface area contributed by atoms with Crippen LogP contribution in [0.4, 0.5) is 0 Å². The normalized spacial score (nSPS) is 11.8. The predicted molar refractivity (Wildman–Crippen MR) is 242 cm³/mol. The maximum atomic E-state index is 5.34. The number of fused-ring (bicyclic) bond motifs is 9. The van der Waals surface area contributed by atoms with Crippen LogP contribution in [-0.2, 0) is 0 Å². The number of nitrogens with zero attached hydrogens (tertiary/aromatic N) is 4. The number of benzene rings is 9. The molecular weight excluding hydrogens is 705 g/mol. The highest BCUT2D eigenvalue weighted by molar-refractivity contribution is 6.22. The number of rotatable bonds is 5. The number of hydrogen-bond donors (Lipinski definition) is 0. The van der Waals surface area contributed by atoms with Gasteiger partial charge < -0.3 is 4.57 Å². The first-order chi connectivity index (χ1) is 28.8. The highest BCUT2D eigenvalue weighted by atomic mass is 15.2. The molecule has 0 saturated carbocycles. The van der Waals surface area contributed by atoms with Crippen molar-refractivity contribution in [2.75, 3.05) is 0 Å². The minimum Gasteiger partial charge on any atom is -0.309 e. The fourth-order valence-corrected chi connectivity index (χ4v) is 9.10. The van der Waals surface area contributed by atoms with Crippen molar-refractivity contribution in [3.05, 3.63) is 206 Å². The monoisotopic (exact) mass is 738 g/mol. The van der Waals surface area contributed by atoms with Gasteiger partial charge in [-0.1, -0.05) is 164 Å². The van der Waals surface area contributed by atoms with Crippen LogP contribution in [0.2, 0.25) is 0 Å².